The van der Waals surface area contributed by atoms with Gasteiger partial charge in [-0.1, -0.05) is 74.4 Å². The maximum absolute atomic E-state index is 4.35. The van der Waals surface area contributed by atoms with Crippen molar-refractivity contribution in [3.05, 3.63) is 102 Å². The Morgan fingerprint density at radius 1 is 0.907 bits per heavy atom. The molecule has 1 aromatic heterocycles. The van der Waals surface area contributed by atoms with E-state index >= 15 is 0 Å². The molecule has 0 radical (unpaired) electrons. The summed E-state index contributed by atoms with van der Waals surface area (Å²) in [5, 5.41) is 1.39. The highest BCUT2D eigenvalue weighted by Crippen LogP contribution is 2.37. The van der Waals surface area contributed by atoms with E-state index in [-0.39, 0.29) is 5.41 Å². The summed E-state index contributed by atoms with van der Waals surface area (Å²) in [6.07, 6.45) is 8.13. The first-order chi connectivity index (χ1) is 20.7. The molecule has 3 heteroatoms. The molecule has 0 unspecified atom stereocenters. The molecule has 0 bridgehead atoms. The molecular formula is C40H55N3. The number of fused-ring (bicyclic) bond motifs is 1. The maximum Gasteiger partial charge on any atom is 0.0486 e. The second-order valence-electron chi connectivity index (χ2n) is 12.8. The Labute approximate surface area is 262 Å². The first kappa shape index (κ1) is 32.6. The van der Waals surface area contributed by atoms with Crippen molar-refractivity contribution < 1.29 is 0 Å². The number of hydrogen-bond acceptors (Lipinski definition) is 2. The van der Waals surface area contributed by atoms with Crippen molar-refractivity contribution in [2.45, 2.75) is 87.2 Å². The first-order valence-corrected chi connectivity index (χ1v) is 16.6. The fourth-order valence-electron chi connectivity index (χ4n) is 6.71. The van der Waals surface area contributed by atoms with Gasteiger partial charge in [0.15, 0.2) is 0 Å². The monoisotopic (exact) mass is 577 g/mol. The van der Waals surface area contributed by atoms with Crippen molar-refractivity contribution in [2.24, 2.45) is 5.41 Å². The van der Waals surface area contributed by atoms with Gasteiger partial charge in [-0.3, -0.25) is 4.90 Å². The van der Waals surface area contributed by atoms with E-state index < -0.39 is 0 Å². The van der Waals surface area contributed by atoms with Crippen LogP contribution in [0.5, 0.6) is 0 Å². The molecule has 0 aliphatic carbocycles. The van der Waals surface area contributed by atoms with Crippen LogP contribution in [0.4, 0.5) is 5.69 Å². The van der Waals surface area contributed by atoms with Crippen LogP contribution in [0.1, 0.15) is 82.2 Å². The Balaban J connectivity index is 0.00000207. The summed E-state index contributed by atoms with van der Waals surface area (Å²) in [5.74, 6) is 0. The van der Waals surface area contributed by atoms with Gasteiger partial charge in [0.25, 0.3) is 0 Å². The van der Waals surface area contributed by atoms with Gasteiger partial charge < -0.3 is 9.47 Å². The Morgan fingerprint density at radius 3 is 2.19 bits per heavy atom. The quantitative estimate of drug-likeness (QED) is 0.174. The number of rotatable bonds is 10. The first-order valence-electron chi connectivity index (χ1n) is 16.6. The zero-order valence-corrected chi connectivity index (χ0v) is 28.2. The molecule has 5 rings (SSSR count). The van der Waals surface area contributed by atoms with Crippen molar-refractivity contribution in [1.82, 2.24) is 9.47 Å². The van der Waals surface area contributed by atoms with E-state index in [4.69, 9.17) is 0 Å². The number of aryl methyl sites for hydroxylation is 3. The molecule has 43 heavy (non-hydrogen) atoms. The lowest BCUT2D eigenvalue weighted by Gasteiger charge is -2.43. The van der Waals surface area contributed by atoms with Crippen molar-refractivity contribution in [3.8, 4) is 11.1 Å². The van der Waals surface area contributed by atoms with E-state index in [1.807, 2.05) is 13.8 Å². The van der Waals surface area contributed by atoms with Gasteiger partial charge in [-0.05, 0) is 113 Å². The van der Waals surface area contributed by atoms with Gasteiger partial charge in [0.1, 0.15) is 0 Å². The van der Waals surface area contributed by atoms with Crippen LogP contribution in [-0.4, -0.2) is 35.6 Å². The number of nitrogens with zero attached hydrogens (tertiary/aromatic N) is 3. The summed E-state index contributed by atoms with van der Waals surface area (Å²) < 4.78 is 2.46. The largest absolute Gasteiger partial charge is 0.371 e. The molecule has 1 aliphatic rings. The molecule has 1 fully saturated rings. The third-order valence-corrected chi connectivity index (χ3v) is 9.24. The molecule has 230 valence electrons. The van der Waals surface area contributed by atoms with Gasteiger partial charge in [-0.25, -0.2) is 0 Å². The van der Waals surface area contributed by atoms with Gasteiger partial charge in [0, 0.05) is 53.9 Å². The third kappa shape index (κ3) is 7.44. The molecule has 4 aromatic rings. The lowest BCUT2D eigenvalue weighted by Crippen LogP contribution is -2.45. The molecule has 0 saturated carbocycles. The van der Waals surface area contributed by atoms with Crippen LogP contribution in [0.3, 0.4) is 0 Å². The highest BCUT2D eigenvalue weighted by molar-refractivity contribution is 5.89. The second kappa shape index (κ2) is 14.4. The summed E-state index contributed by atoms with van der Waals surface area (Å²) in [6.45, 7) is 27.1. The Morgan fingerprint density at radius 2 is 1.58 bits per heavy atom. The Bertz CT molecular complexity index is 1480. The molecule has 0 amide bonds. The Hall–Kier alpha value is -3.30. The normalized spacial score (nSPS) is 14.9. The number of piperidine rings is 1. The van der Waals surface area contributed by atoms with Crippen LogP contribution in [0.15, 0.2) is 79.5 Å². The van der Waals surface area contributed by atoms with Crippen LogP contribution in [-0.2, 0) is 6.54 Å². The number of likely N-dealkylation sites (tertiary alicyclic amines) is 1. The van der Waals surface area contributed by atoms with E-state index in [2.05, 4.69) is 135 Å². The minimum Gasteiger partial charge on any atom is -0.371 e. The predicted octanol–water partition coefficient (Wildman–Crippen LogP) is 10.5. The fourth-order valence-corrected chi connectivity index (χ4v) is 6.71. The highest BCUT2D eigenvalue weighted by Gasteiger charge is 2.34. The summed E-state index contributed by atoms with van der Waals surface area (Å²) in [4.78, 5) is 5.25. The van der Waals surface area contributed by atoms with Crippen molar-refractivity contribution in [2.75, 3.05) is 31.1 Å². The molecule has 0 N–H and O–H groups in total. The summed E-state index contributed by atoms with van der Waals surface area (Å²) in [7, 11) is 0. The molecular weight excluding hydrogens is 522 g/mol. The molecule has 2 heterocycles. The van der Waals surface area contributed by atoms with E-state index in [1.54, 1.807) is 0 Å². The van der Waals surface area contributed by atoms with E-state index in [9.17, 15) is 0 Å². The van der Waals surface area contributed by atoms with Crippen LogP contribution < -0.4 is 4.90 Å². The third-order valence-electron chi connectivity index (χ3n) is 9.24. The van der Waals surface area contributed by atoms with Gasteiger partial charge >= 0.3 is 0 Å². The standard InChI is InChI=1S/C38H49N3.C2H6/c1-8-20-40(34-14-10-29(5)11-15-34)27-38(9-2)18-21-39(22-19-38)25-33-26-41(28(3)4)37-17-13-32(24-36(33)37)35-16-12-30(6)23-31(35)7;1-2/h9-17,23-24,26,28H,2,8,18-22,25,27H2,1,3-7H3;1-2H3. The van der Waals surface area contributed by atoms with E-state index in [1.165, 1.54) is 50.0 Å². The second-order valence-corrected chi connectivity index (χ2v) is 12.8. The molecule has 0 atom stereocenters. The Kier molecular flexibility index (Phi) is 11.0. The molecule has 3 aromatic carbocycles. The zero-order chi connectivity index (χ0) is 31.1. The zero-order valence-electron chi connectivity index (χ0n) is 28.2. The van der Waals surface area contributed by atoms with Gasteiger partial charge in [0.05, 0.1) is 0 Å². The van der Waals surface area contributed by atoms with Crippen LogP contribution in [0.2, 0.25) is 0 Å². The number of anilines is 1. The van der Waals surface area contributed by atoms with Gasteiger partial charge in [-0.2, -0.15) is 0 Å². The summed E-state index contributed by atoms with van der Waals surface area (Å²) in [6, 6.07) is 23.3. The predicted molar refractivity (Wildman–Crippen MR) is 189 cm³/mol. The van der Waals surface area contributed by atoms with Crippen molar-refractivity contribution >= 4 is 16.6 Å². The average molecular weight is 578 g/mol. The molecule has 0 spiro atoms. The minimum atomic E-state index is 0.151. The van der Waals surface area contributed by atoms with E-state index in [0.29, 0.717) is 6.04 Å². The maximum atomic E-state index is 4.35. The SMILES string of the molecule is C=CC1(CN(CCC)c2ccc(C)cc2)CCN(Cc2cn(C(C)C)c3ccc(-c4ccc(C)cc4C)cc23)CC1.CC. The number of aromatic nitrogens is 1. The number of benzene rings is 3. The van der Waals surface area contributed by atoms with Crippen molar-refractivity contribution in [3.63, 3.8) is 0 Å². The van der Waals surface area contributed by atoms with Crippen LogP contribution >= 0.6 is 0 Å². The topological polar surface area (TPSA) is 11.4 Å². The van der Waals surface area contributed by atoms with Gasteiger partial charge in [0.2, 0.25) is 0 Å². The van der Waals surface area contributed by atoms with Crippen molar-refractivity contribution in [1.29, 1.82) is 0 Å². The highest BCUT2D eigenvalue weighted by atomic mass is 15.2. The minimum absolute atomic E-state index is 0.151. The summed E-state index contributed by atoms with van der Waals surface area (Å²) >= 11 is 0. The molecule has 1 aliphatic heterocycles. The average Bonchev–Trinajstić information content (AvgIpc) is 3.37. The van der Waals surface area contributed by atoms with Crippen LogP contribution in [0.25, 0.3) is 22.0 Å². The van der Waals surface area contributed by atoms with E-state index in [0.717, 1.165) is 52.0 Å². The fraction of sp³-hybridized carbons (Fsp3) is 0.450. The van der Waals surface area contributed by atoms with Gasteiger partial charge in [-0.15, -0.1) is 6.58 Å². The molecule has 3 nitrogen and oxygen atoms in total. The van der Waals surface area contributed by atoms with Crippen LogP contribution in [0, 0.1) is 26.2 Å². The molecule has 1 saturated heterocycles. The number of hydrogen-bond donors (Lipinski definition) is 0. The smallest absolute Gasteiger partial charge is 0.0486 e. The lowest BCUT2D eigenvalue weighted by atomic mass is 9.77. The summed E-state index contributed by atoms with van der Waals surface area (Å²) in [5.41, 5.74) is 10.9. The lowest BCUT2D eigenvalue weighted by molar-refractivity contribution is 0.137.